The fourth-order valence-electron chi connectivity index (χ4n) is 1.72. The largest absolute Gasteiger partial charge is 0.309 e. The first kappa shape index (κ1) is 12.5. The van der Waals surface area contributed by atoms with Gasteiger partial charge < -0.3 is 5.32 Å². The van der Waals surface area contributed by atoms with Crippen LogP contribution < -0.4 is 5.32 Å². The SMILES string of the molecule is CCCNC(CC)c1c(Cl)cnn1CC. The second-order valence-corrected chi connectivity index (χ2v) is 4.02. The molecule has 1 aromatic rings. The molecule has 0 spiro atoms. The summed E-state index contributed by atoms with van der Waals surface area (Å²) in [5.74, 6) is 0. The van der Waals surface area contributed by atoms with Crippen molar-refractivity contribution in [2.75, 3.05) is 6.54 Å². The third-order valence-corrected chi connectivity index (χ3v) is 2.80. The maximum absolute atomic E-state index is 6.15. The number of aromatic nitrogens is 2. The molecule has 1 heterocycles. The smallest absolute Gasteiger partial charge is 0.0834 e. The summed E-state index contributed by atoms with van der Waals surface area (Å²) in [5, 5.41) is 8.52. The molecule has 0 fully saturated rings. The van der Waals surface area contributed by atoms with Crippen LogP contribution in [0.5, 0.6) is 0 Å². The van der Waals surface area contributed by atoms with Crippen LogP contribution in [0.15, 0.2) is 6.20 Å². The average molecular weight is 230 g/mol. The van der Waals surface area contributed by atoms with E-state index in [0.717, 1.165) is 36.6 Å². The highest BCUT2D eigenvalue weighted by molar-refractivity contribution is 6.31. The summed E-state index contributed by atoms with van der Waals surface area (Å²) in [6.45, 7) is 8.30. The minimum absolute atomic E-state index is 0.319. The molecule has 0 bridgehead atoms. The van der Waals surface area contributed by atoms with E-state index >= 15 is 0 Å². The zero-order valence-electron chi connectivity index (χ0n) is 9.76. The molecule has 86 valence electrons. The Morgan fingerprint density at radius 3 is 2.73 bits per heavy atom. The molecule has 0 saturated carbocycles. The minimum Gasteiger partial charge on any atom is -0.309 e. The Morgan fingerprint density at radius 1 is 1.47 bits per heavy atom. The van der Waals surface area contributed by atoms with Gasteiger partial charge in [-0.2, -0.15) is 5.10 Å². The molecule has 0 saturated heterocycles. The summed E-state index contributed by atoms with van der Waals surface area (Å²) in [7, 11) is 0. The molecular formula is C11H20ClN3. The quantitative estimate of drug-likeness (QED) is 0.813. The molecule has 1 atom stereocenters. The first-order valence-corrected chi connectivity index (χ1v) is 6.06. The van der Waals surface area contributed by atoms with E-state index in [1.165, 1.54) is 0 Å². The van der Waals surface area contributed by atoms with Gasteiger partial charge in [-0.25, -0.2) is 0 Å². The van der Waals surface area contributed by atoms with Gasteiger partial charge >= 0.3 is 0 Å². The zero-order valence-corrected chi connectivity index (χ0v) is 10.5. The number of nitrogens with zero attached hydrogens (tertiary/aromatic N) is 2. The van der Waals surface area contributed by atoms with Crippen molar-refractivity contribution in [3.63, 3.8) is 0 Å². The predicted octanol–water partition coefficient (Wildman–Crippen LogP) is 3.01. The second-order valence-electron chi connectivity index (χ2n) is 3.61. The van der Waals surface area contributed by atoms with E-state index in [0.29, 0.717) is 6.04 Å². The molecule has 1 N–H and O–H groups in total. The Labute approximate surface area is 96.8 Å². The number of hydrogen-bond acceptors (Lipinski definition) is 2. The Morgan fingerprint density at radius 2 is 2.20 bits per heavy atom. The monoisotopic (exact) mass is 229 g/mol. The standard InChI is InChI=1S/C11H20ClN3/c1-4-7-13-10(5-2)11-9(12)8-14-15(11)6-3/h8,10,13H,4-7H2,1-3H3. The summed E-state index contributed by atoms with van der Waals surface area (Å²) < 4.78 is 1.97. The van der Waals surface area contributed by atoms with Gasteiger partial charge in [0.25, 0.3) is 0 Å². The summed E-state index contributed by atoms with van der Waals surface area (Å²) in [6.07, 6.45) is 3.90. The Balaban J connectivity index is 2.84. The summed E-state index contributed by atoms with van der Waals surface area (Å²) >= 11 is 6.15. The second kappa shape index (κ2) is 6.13. The molecule has 0 aliphatic heterocycles. The minimum atomic E-state index is 0.319. The Hall–Kier alpha value is -0.540. The van der Waals surface area contributed by atoms with Crippen molar-refractivity contribution in [2.24, 2.45) is 0 Å². The van der Waals surface area contributed by atoms with Gasteiger partial charge in [-0.15, -0.1) is 0 Å². The number of nitrogens with one attached hydrogen (secondary N) is 1. The van der Waals surface area contributed by atoms with Gasteiger partial charge in [-0.05, 0) is 26.3 Å². The normalized spacial score (nSPS) is 13.1. The van der Waals surface area contributed by atoms with Crippen LogP contribution in [-0.2, 0) is 6.54 Å². The van der Waals surface area contributed by atoms with Crippen LogP contribution in [0.3, 0.4) is 0 Å². The van der Waals surface area contributed by atoms with Crippen LogP contribution in [0.25, 0.3) is 0 Å². The van der Waals surface area contributed by atoms with Gasteiger partial charge in [0.1, 0.15) is 0 Å². The molecule has 0 aromatic carbocycles. The first-order valence-electron chi connectivity index (χ1n) is 5.69. The topological polar surface area (TPSA) is 29.9 Å². The van der Waals surface area contributed by atoms with Gasteiger partial charge in [0.2, 0.25) is 0 Å². The van der Waals surface area contributed by atoms with E-state index in [-0.39, 0.29) is 0 Å². The molecule has 1 rings (SSSR count). The van der Waals surface area contributed by atoms with Crippen molar-refractivity contribution in [1.29, 1.82) is 0 Å². The van der Waals surface area contributed by atoms with E-state index < -0.39 is 0 Å². The van der Waals surface area contributed by atoms with Crippen molar-refractivity contribution >= 4 is 11.6 Å². The van der Waals surface area contributed by atoms with Gasteiger partial charge in [-0.3, -0.25) is 4.68 Å². The highest BCUT2D eigenvalue weighted by Crippen LogP contribution is 2.24. The van der Waals surface area contributed by atoms with Gasteiger partial charge in [0.05, 0.1) is 23.0 Å². The van der Waals surface area contributed by atoms with Crippen LogP contribution in [-0.4, -0.2) is 16.3 Å². The number of hydrogen-bond donors (Lipinski definition) is 1. The van der Waals surface area contributed by atoms with Gasteiger partial charge in [-0.1, -0.05) is 25.4 Å². The highest BCUT2D eigenvalue weighted by Gasteiger charge is 2.17. The fourth-order valence-corrected chi connectivity index (χ4v) is 2.00. The maximum Gasteiger partial charge on any atom is 0.0834 e. The summed E-state index contributed by atoms with van der Waals surface area (Å²) in [4.78, 5) is 0. The first-order chi connectivity index (χ1) is 7.24. The number of rotatable bonds is 6. The van der Waals surface area contributed by atoms with Crippen LogP contribution in [0.4, 0.5) is 0 Å². The lowest BCUT2D eigenvalue weighted by molar-refractivity contribution is 0.470. The maximum atomic E-state index is 6.15. The lowest BCUT2D eigenvalue weighted by Gasteiger charge is -2.18. The number of halogens is 1. The highest BCUT2D eigenvalue weighted by atomic mass is 35.5. The van der Waals surface area contributed by atoms with Gasteiger partial charge in [0, 0.05) is 6.54 Å². The summed E-state index contributed by atoms with van der Waals surface area (Å²) in [6, 6.07) is 0.319. The van der Waals surface area contributed by atoms with E-state index in [9.17, 15) is 0 Å². The van der Waals surface area contributed by atoms with Crippen LogP contribution in [0.1, 0.15) is 45.3 Å². The summed E-state index contributed by atoms with van der Waals surface area (Å²) in [5.41, 5.74) is 1.12. The molecule has 1 unspecified atom stereocenters. The molecule has 0 radical (unpaired) electrons. The molecule has 4 heteroatoms. The predicted molar refractivity (Wildman–Crippen MR) is 64.2 cm³/mol. The number of aryl methyl sites for hydroxylation is 1. The lowest BCUT2D eigenvalue weighted by Crippen LogP contribution is -2.24. The van der Waals surface area contributed by atoms with E-state index in [1.54, 1.807) is 6.20 Å². The van der Waals surface area contributed by atoms with Crippen molar-refractivity contribution in [1.82, 2.24) is 15.1 Å². The van der Waals surface area contributed by atoms with Crippen molar-refractivity contribution in [2.45, 2.75) is 46.2 Å². The molecule has 0 aliphatic carbocycles. The van der Waals surface area contributed by atoms with Crippen LogP contribution >= 0.6 is 11.6 Å². The third kappa shape index (κ3) is 2.95. The Kier molecular flexibility index (Phi) is 5.12. The van der Waals surface area contributed by atoms with Crippen molar-refractivity contribution < 1.29 is 0 Å². The third-order valence-electron chi connectivity index (χ3n) is 2.51. The zero-order chi connectivity index (χ0) is 11.3. The Bertz CT molecular complexity index is 296. The lowest BCUT2D eigenvalue weighted by atomic mass is 10.1. The van der Waals surface area contributed by atoms with Crippen molar-refractivity contribution in [3.05, 3.63) is 16.9 Å². The van der Waals surface area contributed by atoms with E-state index in [4.69, 9.17) is 11.6 Å². The van der Waals surface area contributed by atoms with Crippen LogP contribution in [0.2, 0.25) is 5.02 Å². The van der Waals surface area contributed by atoms with E-state index in [1.807, 2.05) is 4.68 Å². The molecule has 0 amide bonds. The molecular weight excluding hydrogens is 210 g/mol. The fraction of sp³-hybridized carbons (Fsp3) is 0.727. The molecule has 15 heavy (non-hydrogen) atoms. The molecule has 3 nitrogen and oxygen atoms in total. The van der Waals surface area contributed by atoms with Crippen molar-refractivity contribution in [3.8, 4) is 0 Å². The average Bonchev–Trinajstić information content (AvgIpc) is 2.62. The van der Waals surface area contributed by atoms with Gasteiger partial charge in [0.15, 0.2) is 0 Å². The van der Waals surface area contributed by atoms with E-state index in [2.05, 4.69) is 31.2 Å². The van der Waals surface area contributed by atoms with Crippen LogP contribution in [0, 0.1) is 0 Å². The molecule has 0 aliphatic rings. The molecule has 1 aromatic heterocycles.